The molecule has 188 valence electrons. The second kappa shape index (κ2) is 12.5. The van der Waals surface area contributed by atoms with E-state index in [0.29, 0.717) is 12.0 Å². The lowest BCUT2D eigenvalue weighted by Crippen LogP contribution is -2.32. The number of hydrogen-bond donors (Lipinski definition) is 3. The molecule has 2 rings (SSSR count). The maximum Gasteiger partial charge on any atom is 0.416 e. The third-order valence-electron chi connectivity index (χ3n) is 5.35. The van der Waals surface area contributed by atoms with Crippen molar-refractivity contribution >= 4 is 23.0 Å². The molecule has 2 unspecified atom stereocenters. The Morgan fingerprint density at radius 2 is 1.59 bits per heavy atom. The van der Waals surface area contributed by atoms with Gasteiger partial charge >= 0.3 is 6.18 Å². The maximum atomic E-state index is 14.6. The molecule has 0 aliphatic carbocycles. The van der Waals surface area contributed by atoms with Crippen LogP contribution >= 0.6 is 0 Å². The van der Waals surface area contributed by atoms with Crippen molar-refractivity contribution in [1.82, 2.24) is 0 Å². The van der Waals surface area contributed by atoms with Crippen molar-refractivity contribution in [3.63, 3.8) is 0 Å². The first kappa shape index (κ1) is 27.3. The summed E-state index contributed by atoms with van der Waals surface area (Å²) in [6.07, 6.45) is -4.76. The molecule has 0 radical (unpaired) electrons. The average Bonchev–Trinajstić information content (AvgIpc) is 2.80. The zero-order chi connectivity index (χ0) is 25.3. The Morgan fingerprint density at radius 1 is 0.971 bits per heavy atom. The summed E-state index contributed by atoms with van der Waals surface area (Å²) < 4.78 is 80.7. The monoisotopic (exact) mass is 489 g/mol. The Balaban J connectivity index is 1.93. The van der Waals surface area contributed by atoms with Crippen LogP contribution in [0.15, 0.2) is 36.4 Å². The molecule has 2 aromatic carbocycles. The minimum Gasteiger partial charge on any atom is -0.395 e. The summed E-state index contributed by atoms with van der Waals surface area (Å²) in [5.74, 6) is -2.19. The Kier molecular flexibility index (Phi) is 10.1. The van der Waals surface area contributed by atoms with Gasteiger partial charge in [0.15, 0.2) is 5.82 Å². The van der Waals surface area contributed by atoms with Gasteiger partial charge in [0, 0.05) is 6.54 Å². The third-order valence-corrected chi connectivity index (χ3v) is 5.35. The minimum atomic E-state index is -4.46. The highest BCUT2D eigenvalue weighted by atomic mass is 19.4. The molecular weight excluding hydrogens is 460 g/mol. The molecule has 0 aliphatic heterocycles. The Hall–Kier alpha value is -2.91. The van der Waals surface area contributed by atoms with Crippen LogP contribution in [0.2, 0.25) is 0 Å². The summed E-state index contributed by atoms with van der Waals surface area (Å²) in [4.78, 5) is 12.0. The predicted octanol–water partition coefficient (Wildman–Crippen LogP) is 7.01. The minimum absolute atomic E-state index is 0.00848. The van der Waals surface area contributed by atoms with E-state index in [4.69, 9.17) is 5.73 Å². The van der Waals surface area contributed by atoms with Crippen molar-refractivity contribution in [2.45, 2.75) is 70.5 Å². The fourth-order valence-electron chi connectivity index (χ4n) is 3.30. The molecule has 0 aliphatic rings. The van der Waals surface area contributed by atoms with E-state index in [1.54, 1.807) is 0 Å². The van der Waals surface area contributed by atoms with Gasteiger partial charge in [-0.15, -0.1) is 0 Å². The largest absolute Gasteiger partial charge is 0.416 e. The van der Waals surface area contributed by atoms with Gasteiger partial charge in [0.05, 0.1) is 22.6 Å². The van der Waals surface area contributed by atoms with Crippen molar-refractivity contribution in [3.05, 3.63) is 53.3 Å². The first-order chi connectivity index (χ1) is 16.0. The fraction of sp³-hybridized carbons (Fsp3) is 0.458. The third kappa shape index (κ3) is 7.85. The Morgan fingerprint density at radius 3 is 2.21 bits per heavy atom. The van der Waals surface area contributed by atoms with E-state index in [1.165, 1.54) is 24.3 Å². The number of carbonyl (C=O) groups is 1. The van der Waals surface area contributed by atoms with Crippen LogP contribution < -0.4 is 16.4 Å². The van der Waals surface area contributed by atoms with E-state index in [-0.39, 0.29) is 24.3 Å². The molecule has 0 bridgehead atoms. The molecule has 0 aromatic heterocycles. The molecule has 0 fully saturated rings. The van der Waals surface area contributed by atoms with Crippen LogP contribution in [0.3, 0.4) is 0 Å². The highest BCUT2D eigenvalue weighted by molar-refractivity contribution is 5.97. The van der Waals surface area contributed by atoms with Gasteiger partial charge in [0.25, 0.3) is 5.91 Å². The van der Waals surface area contributed by atoms with Crippen LogP contribution in [-0.2, 0) is 17.5 Å². The van der Waals surface area contributed by atoms with Crippen LogP contribution in [0.4, 0.5) is 43.4 Å². The van der Waals surface area contributed by atoms with Crippen molar-refractivity contribution in [2.75, 3.05) is 16.4 Å². The Bertz CT molecular complexity index is 934. The number of carbonyl (C=O) groups excluding carboxylic acids is 1. The van der Waals surface area contributed by atoms with Crippen molar-refractivity contribution in [3.8, 4) is 0 Å². The number of nitrogen functional groups attached to an aromatic ring is 1. The number of rotatable bonds is 12. The SMILES string of the molecule is CCCCCCCC(F)C(F)C(=O)Nc1ccc(NCc2ccc(C(F)(F)F)cc2)c(F)c1N. The average molecular weight is 490 g/mol. The first-order valence-electron chi connectivity index (χ1n) is 11.1. The van der Waals surface area contributed by atoms with Gasteiger partial charge in [-0.1, -0.05) is 51.2 Å². The number of benzene rings is 2. The molecule has 0 saturated carbocycles. The first-order valence-corrected chi connectivity index (χ1v) is 11.1. The normalized spacial score (nSPS) is 13.4. The van der Waals surface area contributed by atoms with Crippen molar-refractivity contribution < 1.29 is 31.1 Å². The summed E-state index contributed by atoms with van der Waals surface area (Å²) in [5.41, 5.74) is 4.61. The molecule has 1 amide bonds. The van der Waals surface area contributed by atoms with E-state index in [0.717, 1.165) is 37.8 Å². The zero-order valence-electron chi connectivity index (χ0n) is 18.8. The van der Waals surface area contributed by atoms with E-state index in [1.807, 2.05) is 6.92 Å². The van der Waals surface area contributed by atoms with Gasteiger partial charge in [-0.2, -0.15) is 13.2 Å². The zero-order valence-corrected chi connectivity index (χ0v) is 18.8. The van der Waals surface area contributed by atoms with Gasteiger partial charge in [-0.3, -0.25) is 4.79 Å². The fourth-order valence-corrected chi connectivity index (χ4v) is 3.30. The molecule has 34 heavy (non-hydrogen) atoms. The summed E-state index contributed by atoms with van der Waals surface area (Å²) in [7, 11) is 0. The van der Waals surface area contributed by atoms with Crippen LogP contribution in [0.1, 0.15) is 56.6 Å². The number of alkyl halides is 5. The lowest BCUT2D eigenvalue weighted by Gasteiger charge is -2.16. The molecule has 2 aromatic rings. The number of anilines is 3. The van der Waals surface area contributed by atoms with Gasteiger partial charge in [-0.05, 0) is 36.2 Å². The maximum absolute atomic E-state index is 14.6. The van der Waals surface area contributed by atoms with Gasteiger partial charge in [0.1, 0.15) is 6.17 Å². The van der Waals surface area contributed by atoms with Crippen LogP contribution in [-0.4, -0.2) is 18.3 Å². The molecule has 0 saturated heterocycles. The standard InChI is InChI=1S/C24H29F6N3O/c1-2-3-4-5-6-7-17(25)20(26)23(34)33-19-13-12-18(21(27)22(19)31)32-14-15-8-10-16(11-9-15)24(28,29)30/h8-13,17,20,32H,2-7,14,31H2,1H3,(H,33,34). The number of halogens is 6. The number of unbranched alkanes of at least 4 members (excludes halogenated alkanes) is 4. The summed E-state index contributed by atoms with van der Waals surface area (Å²) >= 11 is 0. The van der Waals surface area contributed by atoms with E-state index >= 15 is 0 Å². The second-order valence-electron chi connectivity index (χ2n) is 8.05. The van der Waals surface area contributed by atoms with Gasteiger partial charge in [0.2, 0.25) is 6.17 Å². The Labute approximate surface area is 194 Å². The highest BCUT2D eigenvalue weighted by Crippen LogP contribution is 2.31. The van der Waals surface area contributed by atoms with E-state index in [2.05, 4.69) is 10.6 Å². The van der Waals surface area contributed by atoms with Crippen molar-refractivity contribution in [1.29, 1.82) is 0 Å². The van der Waals surface area contributed by atoms with Crippen LogP contribution in [0.25, 0.3) is 0 Å². The number of nitrogens with two attached hydrogens (primary N) is 1. The lowest BCUT2D eigenvalue weighted by atomic mass is 10.1. The molecular formula is C24H29F6N3O. The highest BCUT2D eigenvalue weighted by Gasteiger charge is 2.30. The van der Waals surface area contributed by atoms with Crippen LogP contribution in [0.5, 0.6) is 0 Å². The smallest absolute Gasteiger partial charge is 0.395 e. The van der Waals surface area contributed by atoms with E-state index in [9.17, 15) is 31.1 Å². The summed E-state index contributed by atoms with van der Waals surface area (Å²) in [5, 5.41) is 4.81. The molecule has 10 heteroatoms. The topological polar surface area (TPSA) is 67.2 Å². The number of amides is 1. The molecule has 0 spiro atoms. The quantitative estimate of drug-likeness (QED) is 0.171. The number of nitrogens with one attached hydrogen (secondary N) is 2. The molecule has 4 nitrogen and oxygen atoms in total. The number of hydrogen-bond acceptors (Lipinski definition) is 3. The van der Waals surface area contributed by atoms with Gasteiger partial charge < -0.3 is 16.4 Å². The summed E-state index contributed by atoms with van der Waals surface area (Å²) in [6.45, 7) is 2.05. The van der Waals surface area contributed by atoms with Crippen molar-refractivity contribution in [2.24, 2.45) is 0 Å². The lowest BCUT2D eigenvalue weighted by molar-refractivity contribution is -0.137. The van der Waals surface area contributed by atoms with E-state index < -0.39 is 41.5 Å². The van der Waals surface area contributed by atoms with Gasteiger partial charge in [-0.25, -0.2) is 13.2 Å². The molecule has 0 heterocycles. The summed E-state index contributed by atoms with van der Waals surface area (Å²) in [6, 6.07) is 6.80. The molecule has 2 atom stereocenters. The second-order valence-corrected chi connectivity index (χ2v) is 8.05. The van der Waals surface area contributed by atoms with Crippen LogP contribution in [0, 0.1) is 5.82 Å². The predicted molar refractivity (Wildman–Crippen MR) is 121 cm³/mol. The molecule has 4 N–H and O–H groups in total.